The fraction of sp³-hybridized carbons (Fsp3) is 0.273. The van der Waals surface area contributed by atoms with Crippen LogP contribution in [0.2, 0.25) is 0 Å². The molecule has 2 aromatic carbocycles. The SMILES string of the molecule is CCCn1c(=O)c2ccccc2n2c(SC(C)C(=O)Nc3cccc(C(F)(F)F)c3)nnc12. The first-order valence-electron chi connectivity index (χ1n) is 10.2. The number of hydrogen-bond donors (Lipinski definition) is 1. The molecule has 0 saturated heterocycles. The molecular formula is C22H20F3N5O2S. The van der Waals surface area contributed by atoms with Crippen molar-refractivity contribution in [3.8, 4) is 0 Å². The topological polar surface area (TPSA) is 81.3 Å². The number of thioether (sulfide) groups is 1. The zero-order chi connectivity index (χ0) is 23.8. The molecule has 0 aliphatic heterocycles. The molecule has 0 spiro atoms. The van der Waals surface area contributed by atoms with E-state index in [1.165, 1.54) is 12.1 Å². The Morgan fingerprint density at radius 3 is 2.64 bits per heavy atom. The minimum Gasteiger partial charge on any atom is -0.325 e. The van der Waals surface area contributed by atoms with Crippen molar-refractivity contribution in [1.29, 1.82) is 0 Å². The summed E-state index contributed by atoms with van der Waals surface area (Å²) < 4.78 is 42.1. The molecule has 2 heterocycles. The van der Waals surface area contributed by atoms with Gasteiger partial charge < -0.3 is 5.32 Å². The number of carbonyl (C=O) groups is 1. The molecule has 0 bridgehead atoms. The minimum absolute atomic E-state index is 0.0515. The van der Waals surface area contributed by atoms with Crippen molar-refractivity contribution in [2.24, 2.45) is 0 Å². The van der Waals surface area contributed by atoms with Crippen molar-refractivity contribution in [2.75, 3.05) is 5.32 Å². The molecule has 7 nitrogen and oxygen atoms in total. The number of aromatic nitrogens is 4. The maximum Gasteiger partial charge on any atom is 0.416 e. The largest absolute Gasteiger partial charge is 0.416 e. The molecule has 33 heavy (non-hydrogen) atoms. The molecule has 172 valence electrons. The van der Waals surface area contributed by atoms with E-state index in [9.17, 15) is 22.8 Å². The number of nitrogens with zero attached hydrogens (tertiary/aromatic N) is 4. The van der Waals surface area contributed by atoms with Gasteiger partial charge in [0, 0.05) is 12.2 Å². The number of para-hydroxylation sites is 1. The third-order valence-electron chi connectivity index (χ3n) is 5.03. The second-order valence-electron chi connectivity index (χ2n) is 7.42. The van der Waals surface area contributed by atoms with Crippen molar-refractivity contribution in [3.05, 3.63) is 64.4 Å². The lowest BCUT2D eigenvalue weighted by molar-refractivity contribution is -0.137. The summed E-state index contributed by atoms with van der Waals surface area (Å²) in [5, 5.41) is 11.1. The maximum absolute atomic E-state index is 12.9. The number of benzene rings is 2. The quantitative estimate of drug-likeness (QED) is 0.413. The van der Waals surface area contributed by atoms with E-state index >= 15 is 0 Å². The van der Waals surface area contributed by atoms with E-state index in [-0.39, 0.29) is 11.2 Å². The highest BCUT2D eigenvalue weighted by molar-refractivity contribution is 8.00. The predicted octanol–water partition coefficient (Wildman–Crippen LogP) is 4.59. The predicted molar refractivity (Wildman–Crippen MR) is 120 cm³/mol. The monoisotopic (exact) mass is 475 g/mol. The van der Waals surface area contributed by atoms with Crippen LogP contribution in [0.5, 0.6) is 0 Å². The Bertz CT molecular complexity index is 1400. The van der Waals surface area contributed by atoms with Crippen LogP contribution in [0.15, 0.2) is 58.5 Å². The van der Waals surface area contributed by atoms with Crippen LogP contribution in [-0.4, -0.2) is 30.3 Å². The Morgan fingerprint density at radius 2 is 1.91 bits per heavy atom. The van der Waals surface area contributed by atoms with Crippen molar-refractivity contribution in [1.82, 2.24) is 19.2 Å². The van der Waals surface area contributed by atoms with Gasteiger partial charge in [-0.05, 0) is 43.7 Å². The lowest BCUT2D eigenvalue weighted by Gasteiger charge is -2.14. The van der Waals surface area contributed by atoms with Crippen LogP contribution in [0.4, 0.5) is 18.9 Å². The molecule has 1 amide bonds. The smallest absolute Gasteiger partial charge is 0.325 e. The van der Waals surface area contributed by atoms with E-state index in [1.807, 2.05) is 6.92 Å². The molecule has 0 saturated carbocycles. The normalized spacial score (nSPS) is 12.9. The Kier molecular flexibility index (Phi) is 6.15. The summed E-state index contributed by atoms with van der Waals surface area (Å²) in [5.74, 6) is -0.115. The van der Waals surface area contributed by atoms with Crippen molar-refractivity contribution in [3.63, 3.8) is 0 Å². The van der Waals surface area contributed by atoms with Crippen LogP contribution in [0.1, 0.15) is 25.8 Å². The number of rotatable bonds is 6. The summed E-state index contributed by atoms with van der Waals surface area (Å²) in [7, 11) is 0. The summed E-state index contributed by atoms with van der Waals surface area (Å²) in [4.78, 5) is 25.6. The van der Waals surface area contributed by atoms with Gasteiger partial charge in [0.15, 0.2) is 5.16 Å². The molecule has 1 N–H and O–H groups in total. The Hall–Kier alpha value is -3.34. The third kappa shape index (κ3) is 4.45. The van der Waals surface area contributed by atoms with Crippen molar-refractivity contribution < 1.29 is 18.0 Å². The molecule has 0 radical (unpaired) electrons. The second-order valence-corrected chi connectivity index (χ2v) is 8.73. The van der Waals surface area contributed by atoms with Gasteiger partial charge in [0.25, 0.3) is 5.56 Å². The van der Waals surface area contributed by atoms with Gasteiger partial charge in [-0.1, -0.05) is 36.9 Å². The number of fused-ring (bicyclic) bond motifs is 3. The van der Waals surface area contributed by atoms with E-state index in [0.717, 1.165) is 30.3 Å². The molecule has 0 aliphatic rings. The number of alkyl halides is 3. The number of hydrogen-bond acceptors (Lipinski definition) is 5. The number of nitrogens with one attached hydrogen (secondary N) is 1. The Balaban J connectivity index is 1.65. The van der Waals surface area contributed by atoms with Gasteiger partial charge in [-0.3, -0.25) is 18.6 Å². The van der Waals surface area contributed by atoms with Gasteiger partial charge in [-0.15, -0.1) is 10.2 Å². The van der Waals surface area contributed by atoms with Crippen LogP contribution in [0, 0.1) is 0 Å². The molecule has 0 fully saturated rings. The van der Waals surface area contributed by atoms with Crippen LogP contribution in [-0.2, 0) is 17.5 Å². The highest BCUT2D eigenvalue weighted by Gasteiger charge is 2.30. The zero-order valence-corrected chi connectivity index (χ0v) is 18.6. The van der Waals surface area contributed by atoms with Gasteiger partial charge in [0.2, 0.25) is 11.7 Å². The molecular weight excluding hydrogens is 455 g/mol. The highest BCUT2D eigenvalue weighted by atomic mass is 32.2. The van der Waals surface area contributed by atoms with Crippen LogP contribution >= 0.6 is 11.8 Å². The van der Waals surface area contributed by atoms with Gasteiger partial charge in [0.1, 0.15) is 0 Å². The molecule has 2 aromatic heterocycles. The number of aryl methyl sites for hydroxylation is 1. The number of halogens is 3. The van der Waals surface area contributed by atoms with Crippen LogP contribution < -0.4 is 10.9 Å². The van der Waals surface area contributed by atoms with Gasteiger partial charge >= 0.3 is 6.18 Å². The highest BCUT2D eigenvalue weighted by Crippen LogP contribution is 2.31. The average molecular weight is 475 g/mol. The van der Waals surface area contributed by atoms with Gasteiger partial charge in [0.05, 0.1) is 21.7 Å². The standard InChI is InChI=1S/C22H20F3N5O2S/c1-3-11-29-19(32)16-9-4-5-10-17(16)30-20(29)27-28-21(30)33-13(2)18(31)26-15-8-6-7-14(12-15)22(23,24)25/h4-10,12-13H,3,11H2,1-2H3,(H,26,31). The molecule has 4 rings (SSSR count). The van der Waals surface area contributed by atoms with Gasteiger partial charge in [-0.2, -0.15) is 13.2 Å². The minimum atomic E-state index is -4.50. The Labute approximate surface area is 190 Å². The summed E-state index contributed by atoms with van der Waals surface area (Å²) in [6, 6.07) is 11.5. The zero-order valence-electron chi connectivity index (χ0n) is 17.8. The van der Waals surface area contributed by atoms with E-state index in [0.29, 0.717) is 28.4 Å². The Morgan fingerprint density at radius 1 is 1.15 bits per heavy atom. The molecule has 0 aliphatic carbocycles. The van der Waals surface area contributed by atoms with Gasteiger partial charge in [-0.25, -0.2) is 0 Å². The number of carbonyl (C=O) groups excluding carboxylic acids is 1. The lowest BCUT2D eigenvalue weighted by atomic mass is 10.2. The summed E-state index contributed by atoms with van der Waals surface area (Å²) >= 11 is 1.10. The fourth-order valence-corrected chi connectivity index (χ4v) is 4.32. The summed E-state index contributed by atoms with van der Waals surface area (Å²) in [5.41, 5.74) is -0.345. The first kappa shape index (κ1) is 22.8. The first-order valence-corrected chi connectivity index (χ1v) is 11.1. The summed E-state index contributed by atoms with van der Waals surface area (Å²) in [6.45, 7) is 4.03. The fourth-order valence-electron chi connectivity index (χ4n) is 3.46. The molecule has 1 atom stereocenters. The van der Waals surface area contributed by atoms with Crippen LogP contribution in [0.25, 0.3) is 16.7 Å². The van der Waals surface area contributed by atoms with Crippen molar-refractivity contribution in [2.45, 2.75) is 43.4 Å². The van der Waals surface area contributed by atoms with E-state index < -0.39 is 22.9 Å². The third-order valence-corrected chi connectivity index (χ3v) is 6.08. The maximum atomic E-state index is 12.9. The number of anilines is 1. The summed E-state index contributed by atoms with van der Waals surface area (Å²) in [6.07, 6.45) is -3.78. The lowest BCUT2D eigenvalue weighted by Crippen LogP contribution is -2.24. The first-order chi connectivity index (χ1) is 15.7. The number of amides is 1. The molecule has 1 unspecified atom stereocenters. The average Bonchev–Trinajstić information content (AvgIpc) is 3.19. The van der Waals surface area contributed by atoms with E-state index in [4.69, 9.17) is 0 Å². The molecule has 11 heteroatoms. The van der Waals surface area contributed by atoms with E-state index in [2.05, 4.69) is 15.5 Å². The van der Waals surface area contributed by atoms with Crippen molar-refractivity contribution >= 4 is 40.0 Å². The van der Waals surface area contributed by atoms with Crippen LogP contribution in [0.3, 0.4) is 0 Å². The molecule has 4 aromatic rings. The second kappa shape index (κ2) is 8.89. The van der Waals surface area contributed by atoms with E-state index in [1.54, 1.807) is 40.2 Å².